The first-order valence-corrected chi connectivity index (χ1v) is 4.41. The predicted molar refractivity (Wildman–Crippen MR) is 47.2 cm³/mol. The maximum absolute atomic E-state index is 10.7. The van der Waals surface area contributed by atoms with Gasteiger partial charge in [-0.2, -0.15) is 0 Å². The van der Waals surface area contributed by atoms with Crippen molar-refractivity contribution in [2.75, 3.05) is 13.1 Å². The summed E-state index contributed by atoms with van der Waals surface area (Å²) in [6.45, 7) is 1.50. The summed E-state index contributed by atoms with van der Waals surface area (Å²) in [5, 5.41) is 8.78. The predicted octanol–water partition coefficient (Wildman–Crippen LogP) is 1.29. The topological polar surface area (TPSA) is 40.5 Å². The van der Waals surface area contributed by atoms with E-state index in [0.717, 1.165) is 19.4 Å². The Labute approximate surface area is 76.6 Å². The number of nitrogens with zero attached hydrogens (tertiary/aromatic N) is 1. The van der Waals surface area contributed by atoms with E-state index in [4.69, 9.17) is 16.7 Å². The van der Waals surface area contributed by atoms with Gasteiger partial charge in [0.25, 0.3) is 0 Å². The maximum Gasteiger partial charge on any atom is 0.320 e. The van der Waals surface area contributed by atoms with Crippen LogP contribution in [-0.4, -0.2) is 35.1 Å². The van der Waals surface area contributed by atoms with Gasteiger partial charge in [0.05, 0.1) is 0 Å². The lowest BCUT2D eigenvalue weighted by molar-refractivity contribution is -0.141. The molecule has 1 atom stereocenters. The molecule has 0 radical (unpaired) electrons. The second kappa shape index (κ2) is 4.48. The van der Waals surface area contributed by atoms with E-state index < -0.39 is 5.97 Å². The maximum atomic E-state index is 10.7. The zero-order chi connectivity index (χ0) is 8.97. The van der Waals surface area contributed by atoms with Crippen LogP contribution in [0.5, 0.6) is 0 Å². The summed E-state index contributed by atoms with van der Waals surface area (Å²) in [6, 6.07) is -0.308. The molecule has 0 aromatic carbocycles. The average Bonchev–Trinajstić information content (AvgIpc) is 2.48. The zero-order valence-electron chi connectivity index (χ0n) is 6.74. The van der Waals surface area contributed by atoms with Gasteiger partial charge in [0, 0.05) is 12.1 Å². The van der Waals surface area contributed by atoms with Crippen molar-refractivity contribution in [2.24, 2.45) is 0 Å². The minimum Gasteiger partial charge on any atom is -0.480 e. The Bertz CT molecular complexity index is 193. The van der Waals surface area contributed by atoms with Crippen LogP contribution in [0.1, 0.15) is 12.8 Å². The molecule has 0 amide bonds. The molecule has 0 saturated carbocycles. The molecule has 0 spiro atoms. The zero-order valence-corrected chi connectivity index (χ0v) is 7.50. The SMILES string of the molecule is O=C(O)C1CCCN1C/C=C/Cl. The van der Waals surface area contributed by atoms with Crippen LogP contribution in [0.2, 0.25) is 0 Å². The highest BCUT2D eigenvalue weighted by atomic mass is 35.5. The third-order valence-corrected chi connectivity index (χ3v) is 2.26. The third kappa shape index (κ3) is 2.22. The van der Waals surface area contributed by atoms with Crippen molar-refractivity contribution in [1.82, 2.24) is 4.90 Å². The van der Waals surface area contributed by atoms with E-state index in [1.54, 1.807) is 6.08 Å². The summed E-state index contributed by atoms with van der Waals surface area (Å²) in [7, 11) is 0. The van der Waals surface area contributed by atoms with E-state index in [9.17, 15) is 4.79 Å². The molecule has 0 aromatic rings. The van der Waals surface area contributed by atoms with Crippen molar-refractivity contribution in [1.29, 1.82) is 0 Å². The molecule has 0 aromatic heterocycles. The molecule has 1 N–H and O–H groups in total. The average molecular weight is 190 g/mol. The second-order valence-electron chi connectivity index (χ2n) is 2.85. The summed E-state index contributed by atoms with van der Waals surface area (Å²) in [5.41, 5.74) is 1.43. The van der Waals surface area contributed by atoms with Gasteiger partial charge in [-0.1, -0.05) is 17.7 Å². The standard InChI is InChI=1S/C8H12ClNO2/c9-4-2-6-10-5-1-3-7(10)8(11)12/h2,4,7H,1,3,5-6H2,(H,11,12)/b4-2+. The highest BCUT2D eigenvalue weighted by Crippen LogP contribution is 2.16. The Morgan fingerprint density at radius 3 is 3.08 bits per heavy atom. The van der Waals surface area contributed by atoms with E-state index in [1.165, 1.54) is 5.54 Å². The minimum absolute atomic E-state index is 0.308. The number of halogens is 1. The fraction of sp³-hybridized carbons (Fsp3) is 0.625. The summed E-state index contributed by atoms with van der Waals surface area (Å²) in [5.74, 6) is -0.726. The van der Waals surface area contributed by atoms with Crippen molar-refractivity contribution in [3.8, 4) is 0 Å². The Morgan fingerprint density at radius 2 is 2.50 bits per heavy atom. The highest BCUT2D eigenvalue weighted by Gasteiger charge is 2.29. The first kappa shape index (κ1) is 9.55. The van der Waals surface area contributed by atoms with Crippen molar-refractivity contribution >= 4 is 17.6 Å². The number of carbonyl (C=O) groups is 1. The number of aliphatic carboxylic acids is 1. The van der Waals surface area contributed by atoms with Crippen molar-refractivity contribution in [3.63, 3.8) is 0 Å². The lowest BCUT2D eigenvalue weighted by Crippen LogP contribution is -2.35. The van der Waals surface area contributed by atoms with Crippen LogP contribution >= 0.6 is 11.6 Å². The van der Waals surface area contributed by atoms with Crippen molar-refractivity contribution < 1.29 is 9.90 Å². The molecule has 1 aliphatic heterocycles. The normalized spacial score (nSPS) is 25.2. The molecular weight excluding hydrogens is 178 g/mol. The molecule has 1 saturated heterocycles. The van der Waals surface area contributed by atoms with Gasteiger partial charge in [-0.15, -0.1) is 0 Å². The summed E-state index contributed by atoms with van der Waals surface area (Å²) in [4.78, 5) is 12.6. The summed E-state index contributed by atoms with van der Waals surface area (Å²) < 4.78 is 0. The molecule has 0 bridgehead atoms. The monoisotopic (exact) mass is 189 g/mol. The molecule has 3 nitrogen and oxygen atoms in total. The number of hydrogen-bond acceptors (Lipinski definition) is 2. The smallest absolute Gasteiger partial charge is 0.320 e. The summed E-state index contributed by atoms with van der Waals surface area (Å²) in [6.07, 6.45) is 3.49. The fourth-order valence-corrected chi connectivity index (χ4v) is 1.58. The van der Waals surface area contributed by atoms with Gasteiger partial charge in [-0.25, -0.2) is 0 Å². The Morgan fingerprint density at radius 1 is 1.75 bits per heavy atom. The van der Waals surface area contributed by atoms with E-state index in [-0.39, 0.29) is 6.04 Å². The second-order valence-corrected chi connectivity index (χ2v) is 3.10. The van der Waals surface area contributed by atoms with Gasteiger partial charge in [0.15, 0.2) is 0 Å². The molecule has 0 aliphatic carbocycles. The van der Waals surface area contributed by atoms with Crippen molar-refractivity contribution in [2.45, 2.75) is 18.9 Å². The molecule has 4 heteroatoms. The molecule has 1 rings (SSSR count). The van der Waals surface area contributed by atoms with Crippen LogP contribution in [0.15, 0.2) is 11.6 Å². The number of carboxylic acid groups (broad SMARTS) is 1. The van der Waals surface area contributed by atoms with Crippen LogP contribution in [0.3, 0.4) is 0 Å². The number of rotatable bonds is 3. The Kier molecular flexibility index (Phi) is 3.56. The third-order valence-electron chi connectivity index (χ3n) is 2.08. The molecule has 1 aliphatic rings. The van der Waals surface area contributed by atoms with Gasteiger partial charge < -0.3 is 5.11 Å². The van der Waals surface area contributed by atoms with Gasteiger partial charge in [-0.3, -0.25) is 9.69 Å². The van der Waals surface area contributed by atoms with Gasteiger partial charge >= 0.3 is 5.97 Å². The van der Waals surface area contributed by atoms with Crippen LogP contribution in [-0.2, 0) is 4.79 Å². The lowest BCUT2D eigenvalue weighted by Gasteiger charge is -2.18. The fourth-order valence-electron chi connectivity index (χ4n) is 1.50. The largest absolute Gasteiger partial charge is 0.480 e. The van der Waals surface area contributed by atoms with Crippen molar-refractivity contribution in [3.05, 3.63) is 11.6 Å². The van der Waals surface area contributed by atoms with E-state index >= 15 is 0 Å². The van der Waals surface area contributed by atoms with Crippen LogP contribution < -0.4 is 0 Å². The summed E-state index contributed by atoms with van der Waals surface area (Å²) >= 11 is 5.35. The molecule has 68 valence electrons. The molecule has 1 unspecified atom stereocenters. The van der Waals surface area contributed by atoms with Gasteiger partial charge in [0.2, 0.25) is 0 Å². The lowest BCUT2D eigenvalue weighted by atomic mass is 10.2. The van der Waals surface area contributed by atoms with Gasteiger partial charge in [0.1, 0.15) is 6.04 Å². The van der Waals surface area contributed by atoms with Crippen LogP contribution in [0, 0.1) is 0 Å². The first-order valence-electron chi connectivity index (χ1n) is 3.98. The van der Waals surface area contributed by atoms with Crippen LogP contribution in [0.4, 0.5) is 0 Å². The molecule has 1 fully saturated rings. The number of carboxylic acids is 1. The van der Waals surface area contributed by atoms with Gasteiger partial charge in [-0.05, 0) is 19.4 Å². The molecular formula is C8H12ClNO2. The number of hydrogen-bond donors (Lipinski definition) is 1. The van der Waals surface area contributed by atoms with E-state index in [2.05, 4.69) is 0 Å². The van der Waals surface area contributed by atoms with E-state index in [1.807, 2.05) is 4.90 Å². The molecule has 12 heavy (non-hydrogen) atoms. The van der Waals surface area contributed by atoms with E-state index in [0.29, 0.717) is 6.54 Å². The highest BCUT2D eigenvalue weighted by molar-refractivity contribution is 6.25. The number of likely N-dealkylation sites (tertiary alicyclic amines) is 1. The van der Waals surface area contributed by atoms with Crippen LogP contribution in [0.25, 0.3) is 0 Å². The quantitative estimate of drug-likeness (QED) is 0.728. The Balaban J connectivity index is 2.46. The Hall–Kier alpha value is -0.540. The first-order chi connectivity index (χ1) is 5.75. The minimum atomic E-state index is -0.726. The molecule has 1 heterocycles.